The van der Waals surface area contributed by atoms with Crippen molar-refractivity contribution >= 4 is 26.0 Å². The van der Waals surface area contributed by atoms with Crippen molar-refractivity contribution in [3.05, 3.63) is 28.7 Å². The fraction of sp³-hybridized carbons (Fsp3) is 0.500. The number of piperidine rings is 1. The highest BCUT2D eigenvalue weighted by Gasteiger charge is 2.28. The van der Waals surface area contributed by atoms with Gasteiger partial charge in [0, 0.05) is 17.6 Å². The zero-order valence-electron chi connectivity index (χ0n) is 9.77. The number of sulfonamides is 1. The summed E-state index contributed by atoms with van der Waals surface area (Å²) in [6.07, 6.45) is 2.07. The number of hydrogen-bond donors (Lipinski definition) is 0. The first-order valence-electron chi connectivity index (χ1n) is 5.76. The molecule has 1 saturated heterocycles. The van der Waals surface area contributed by atoms with Gasteiger partial charge < -0.3 is 0 Å². The first-order valence-corrected chi connectivity index (χ1v) is 7.99. The normalized spacial score (nSPS) is 22.6. The number of hydrogen-bond acceptors (Lipinski definition) is 2. The molecule has 1 atom stereocenters. The molecule has 94 valence electrons. The van der Waals surface area contributed by atoms with Crippen LogP contribution in [-0.2, 0) is 10.0 Å². The molecule has 0 unspecified atom stereocenters. The van der Waals surface area contributed by atoms with E-state index in [1.807, 2.05) is 0 Å². The van der Waals surface area contributed by atoms with Gasteiger partial charge in [0.05, 0.1) is 4.90 Å². The Kier molecular flexibility index (Phi) is 3.90. The third kappa shape index (κ3) is 2.89. The Hall–Kier alpha value is -0.390. The van der Waals surface area contributed by atoms with Crippen LogP contribution in [0.15, 0.2) is 33.6 Å². The van der Waals surface area contributed by atoms with Crippen LogP contribution in [-0.4, -0.2) is 25.8 Å². The molecule has 1 aromatic carbocycles. The van der Waals surface area contributed by atoms with Crippen molar-refractivity contribution in [2.45, 2.75) is 24.7 Å². The summed E-state index contributed by atoms with van der Waals surface area (Å²) in [5, 5.41) is 0. The van der Waals surface area contributed by atoms with Crippen LogP contribution in [0.25, 0.3) is 0 Å². The number of nitrogens with zero attached hydrogens (tertiary/aromatic N) is 1. The largest absolute Gasteiger partial charge is 0.243 e. The SMILES string of the molecule is C[C@H]1CCCN(S(=O)(=O)c2ccc(Br)cc2)C1. The predicted molar refractivity (Wildman–Crippen MR) is 71.3 cm³/mol. The molecule has 1 aliphatic heterocycles. The number of halogens is 1. The van der Waals surface area contributed by atoms with Crippen molar-refractivity contribution in [2.75, 3.05) is 13.1 Å². The van der Waals surface area contributed by atoms with Gasteiger partial charge in [0.15, 0.2) is 0 Å². The van der Waals surface area contributed by atoms with Crippen LogP contribution in [0.4, 0.5) is 0 Å². The third-order valence-corrected chi connectivity index (χ3v) is 5.48. The van der Waals surface area contributed by atoms with Gasteiger partial charge in [-0.15, -0.1) is 0 Å². The number of rotatable bonds is 2. The van der Waals surface area contributed by atoms with E-state index >= 15 is 0 Å². The molecular formula is C12H16BrNO2S. The summed E-state index contributed by atoms with van der Waals surface area (Å²) in [6, 6.07) is 6.83. The van der Waals surface area contributed by atoms with Gasteiger partial charge in [-0.2, -0.15) is 4.31 Å². The monoisotopic (exact) mass is 317 g/mol. The van der Waals surface area contributed by atoms with Gasteiger partial charge in [-0.05, 0) is 43.0 Å². The molecule has 3 nitrogen and oxygen atoms in total. The van der Waals surface area contributed by atoms with Gasteiger partial charge >= 0.3 is 0 Å². The van der Waals surface area contributed by atoms with E-state index in [0.717, 1.165) is 17.3 Å². The van der Waals surface area contributed by atoms with E-state index in [2.05, 4.69) is 22.9 Å². The Morgan fingerprint density at radius 1 is 1.29 bits per heavy atom. The van der Waals surface area contributed by atoms with Gasteiger partial charge in [-0.25, -0.2) is 8.42 Å². The highest BCUT2D eigenvalue weighted by molar-refractivity contribution is 9.10. The Morgan fingerprint density at radius 3 is 2.53 bits per heavy atom. The smallest absolute Gasteiger partial charge is 0.207 e. The van der Waals surface area contributed by atoms with E-state index in [4.69, 9.17) is 0 Å². The molecular weight excluding hydrogens is 302 g/mol. The van der Waals surface area contributed by atoms with Crippen molar-refractivity contribution < 1.29 is 8.42 Å². The van der Waals surface area contributed by atoms with Crippen molar-refractivity contribution in [1.29, 1.82) is 0 Å². The van der Waals surface area contributed by atoms with Gasteiger partial charge in [0.2, 0.25) is 10.0 Å². The second-order valence-electron chi connectivity index (χ2n) is 4.56. The molecule has 1 aliphatic rings. The van der Waals surface area contributed by atoms with Gasteiger partial charge in [-0.3, -0.25) is 0 Å². The highest BCUT2D eigenvalue weighted by atomic mass is 79.9. The van der Waals surface area contributed by atoms with Crippen LogP contribution in [0.5, 0.6) is 0 Å². The van der Waals surface area contributed by atoms with Crippen molar-refractivity contribution in [2.24, 2.45) is 5.92 Å². The van der Waals surface area contributed by atoms with Crippen molar-refractivity contribution in [3.8, 4) is 0 Å². The van der Waals surface area contributed by atoms with Crippen molar-refractivity contribution in [3.63, 3.8) is 0 Å². The quantitative estimate of drug-likeness (QED) is 0.841. The van der Waals surface area contributed by atoms with Crippen LogP contribution in [0.2, 0.25) is 0 Å². The minimum Gasteiger partial charge on any atom is -0.207 e. The molecule has 0 aromatic heterocycles. The first kappa shape index (κ1) is 13.1. The molecule has 0 spiro atoms. The summed E-state index contributed by atoms with van der Waals surface area (Å²) in [6.45, 7) is 3.38. The second kappa shape index (κ2) is 5.08. The van der Waals surface area contributed by atoms with Crippen molar-refractivity contribution in [1.82, 2.24) is 4.31 Å². The fourth-order valence-corrected chi connectivity index (χ4v) is 3.98. The maximum absolute atomic E-state index is 12.4. The minimum atomic E-state index is -3.30. The van der Waals surface area contributed by atoms with E-state index in [-0.39, 0.29) is 0 Å². The molecule has 5 heteroatoms. The topological polar surface area (TPSA) is 37.4 Å². The lowest BCUT2D eigenvalue weighted by Gasteiger charge is -2.30. The summed E-state index contributed by atoms with van der Waals surface area (Å²) < 4.78 is 27.2. The molecule has 17 heavy (non-hydrogen) atoms. The average molecular weight is 318 g/mol. The van der Waals surface area contributed by atoms with E-state index in [9.17, 15) is 8.42 Å². The van der Waals surface area contributed by atoms with E-state index in [1.54, 1.807) is 28.6 Å². The predicted octanol–water partition coefficient (Wildman–Crippen LogP) is 2.87. The second-order valence-corrected chi connectivity index (χ2v) is 7.42. The van der Waals surface area contributed by atoms with Crippen LogP contribution < -0.4 is 0 Å². The van der Waals surface area contributed by atoms with Crippen LogP contribution in [0, 0.1) is 5.92 Å². The molecule has 1 heterocycles. The summed E-state index contributed by atoms with van der Waals surface area (Å²) in [5.41, 5.74) is 0. The molecule has 0 bridgehead atoms. The molecule has 0 radical (unpaired) electrons. The molecule has 1 fully saturated rings. The van der Waals surface area contributed by atoms with Gasteiger partial charge in [0.1, 0.15) is 0 Å². The van der Waals surface area contributed by atoms with E-state index in [1.165, 1.54) is 0 Å². The minimum absolute atomic E-state index is 0.384. The molecule has 0 N–H and O–H groups in total. The fourth-order valence-electron chi connectivity index (χ4n) is 2.12. The standard InChI is InChI=1S/C12H16BrNO2S/c1-10-3-2-8-14(9-10)17(15,16)12-6-4-11(13)5-7-12/h4-7,10H,2-3,8-9H2,1H3/t10-/m0/s1. The molecule has 0 aliphatic carbocycles. The Bertz CT molecular complexity index is 484. The molecule has 1 aromatic rings. The first-order chi connectivity index (χ1) is 8.00. The molecule has 2 rings (SSSR count). The zero-order valence-corrected chi connectivity index (χ0v) is 12.2. The summed E-state index contributed by atoms with van der Waals surface area (Å²) in [5.74, 6) is 0.453. The maximum Gasteiger partial charge on any atom is 0.243 e. The zero-order chi connectivity index (χ0) is 12.5. The van der Waals surface area contributed by atoms with Gasteiger partial charge in [-0.1, -0.05) is 22.9 Å². The molecule has 0 saturated carbocycles. The summed E-state index contributed by atoms with van der Waals surface area (Å²) in [4.78, 5) is 0.384. The van der Waals surface area contributed by atoms with Gasteiger partial charge in [0.25, 0.3) is 0 Å². The molecule has 0 amide bonds. The van der Waals surface area contributed by atoms with Crippen LogP contribution in [0.1, 0.15) is 19.8 Å². The Balaban J connectivity index is 2.26. The maximum atomic E-state index is 12.4. The lowest BCUT2D eigenvalue weighted by molar-refractivity contribution is 0.281. The number of benzene rings is 1. The Morgan fingerprint density at radius 2 is 1.94 bits per heavy atom. The van der Waals surface area contributed by atoms with Crippen LogP contribution >= 0.6 is 15.9 Å². The lowest BCUT2D eigenvalue weighted by Crippen LogP contribution is -2.39. The Labute approximate surface area is 111 Å². The summed E-state index contributed by atoms with van der Waals surface area (Å²) >= 11 is 3.31. The third-order valence-electron chi connectivity index (χ3n) is 3.07. The lowest BCUT2D eigenvalue weighted by atomic mass is 10.0. The van der Waals surface area contributed by atoms with Crippen LogP contribution in [0.3, 0.4) is 0 Å². The van der Waals surface area contributed by atoms with E-state index in [0.29, 0.717) is 23.9 Å². The highest BCUT2D eigenvalue weighted by Crippen LogP contribution is 2.24. The summed E-state index contributed by atoms with van der Waals surface area (Å²) in [7, 11) is -3.30. The van der Waals surface area contributed by atoms with E-state index < -0.39 is 10.0 Å². The average Bonchev–Trinajstić information content (AvgIpc) is 2.29.